The number of para-hydroxylation sites is 1. The average molecular weight is 581 g/mol. The number of fused-ring (bicyclic) bond motifs is 6. The van der Waals surface area contributed by atoms with Crippen molar-refractivity contribution in [2.24, 2.45) is 0 Å². The van der Waals surface area contributed by atoms with E-state index in [0.29, 0.717) is 0 Å². The van der Waals surface area contributed by atoms with Crippen LogP contribution in [0.25, 0.3) is 43.8 Å². The van der Waals surface area contributed by atoms with Crippen LogP contribution in [0.2, 0.25) is 0 Å². The maximum atomic E-state index is 6.48. The van der Waals surface area contributed by atoms with E-state index < -0.39 is 0 Å². The van der Waals surface area contributed by atoms with Gasteiger partial charge in [0.05, 0.1) is 5.69 Å². The van der Waals surface area contributed by atoms with Gasteiger partial charge in [-0.2, -0.15) is 0 Å². The van der Waals surface area contributed by atoms with Crippen molar-refractivity contribution in [2.75, 3.05) is 10.2 Å². The summed E-state index contributed by atoms with van der Waals surface area (Å²) in [7, 11) is 0. The van der Waals surface area contributed by atoms with E-state index in [1.807, 2.05) is 30.3 Å². The summed E-state index contributed by atoms with van der Waals surface area (Å²) in [6, 6.07) is 55.1. The lowest BCUT2D eigenvalue weighted by Gasteiger charge is -2.26. The van der Waals surface area contributed by atoms with Crippen molar-refractivity contribution < 1.29 is 9.15 Å². The van der Waals surface area contributed by atoms with E-state index in [0.717, 1.165) is 72.3 Å². The molecule has 45 heavy (non-hydrogen) atoms. The normalized spacial score (nSPS) is 13.9. The van der Waals surface area contributed by atoms with E-state index in [1.165, 1.54) is 5.56 Å². The number of ether oxygens (including phenoxy) is 1. The van der Waals surface area contributed by atoms with Gasteiger partial charge in [0.25, 0.3) is 0 Å². The number of hydrogen-bond acceptors (Lipinski definition) is 4. The van der Waals surface area contributed by atoms with E-state index in [2.05, 4.69) is 138 Å². The van der Waals surface area contributed by atoms with Crippen LogP contribution in [0.3, 0.4) is 0 Å². The largest absolute Gasteiger partial charge is 0.464 e. The third-order valence-corrected chi connectivity index (χ3v) is 8.67. The molecule has 1 atom stereocenters. The molecule has 0 bridgehead atoms. The Morgan fingerprint density at radius 3 is 2.04 bits per heavy atom. The van der Waals surface area contributed by atoms with Gasteiger partial charge >= 0.3 is 0 Å². The number of furan rings is 1. The Morgan fingerprint density at radius 1 is 0.489 bits per heavy atom. The predicted octanol–water partition coefficient (Wildman–Crippen LogP) is 11.4. The summed E-state index contributed by atoms with van der Waals surface area (Å²) in [4.78, 5) is 2.30. The Bertz CT molecular complexity index is 2340. The fourth-order valence-electron chi connectivity index (χ4n) is 6.49. The molecule has 1 aliphatic rings. The van der Waals surface area contributed by atoms with Crippen LogP contribution in [0.1, 0.15) is 11.8 Å². The van der Waals surface area contributed by atoms with Crippen molar-refractivity contribution in [3.8, 4) is 16.9 Å². The van der Waals surface area contributed by atoms with Crippen molar-refractivity contribution in [1.82, 2.24) is 0 Å². The Balaban J connectivity index is 1.18. The standard InChI is InChI=1S/C41H28N2O2/c1-3-10-27(11-4-1)29-14-9-15-31(24-29)43(33-20-22-36-35-16-7-8-17-38(35)44-39(36)26-33)32-19-21-34-30(25-32)18-23-37-40(34)45-41(42-37)28-12-5-2-6-13-28/h1-26,41-42H. The number of benzene rings is 7. The van der Waals surface area contributed by atoms with Crippen molar-refractivity contribution in [2.45, 2.75) is 6.23 Å². The van der Waals surface area contributed by atoms with E-state index >= 15 is 0 Å². The van der Waals surface area contributed by atoms with Gasteiger partial charge in [0, 0.05) is 44.9 Å². The molecular formula is C41H28N2O2. The number of nitrogens with one attached hydrogen (secondary N) is 1. The van der Waals surface area contributed by atoms with Gasteiger partial charge in [-0.1, -0.05) is 97.1 Å². The van der Waals surface area contributed by atoms with Gasteiger partial charge in [-0.15, -0.1) is 0 Å². The zero-order valence-corrected chi connectivity index (χ0v) is 24.4. The molecule has 7 aromatic carbocycles. The SMILES string of the molecule is c1ccc(-c2cccc(N(c3ccc4c5c(ccc4c3)NC(c3ccccc3)O5)c3ccc4c(c3)oc3ccccc34)c2)cc1. The molecule has 0 saturated heterocycles. The van der Waals surface area contributed by atoms with Gasteiger partial charge < -0.3 is 19.4 Å². The maximum Gasteiger partial charge on any atom is 0.196 e. The highest BCUT2D eigenvalue weighted by atomic mass is 16.5. The number of anilines is 4. The van der Waals surface area contributed by atoms with Gasteiger partial charge in [-0.05, 0) is 71.1 Å². The third kappa shape index (κ3) is 4.38. The maximum absolute atomic E-state index is 6.48. The molecule has 1 aromatic heterocycles. The Kier molecular flexibility index (Phi) is 5.85. The molecular weight excluding hydrogens is 552 g/mol. The minimum Gasteiger partial charge on any atom is -0.464 e. The molecule has 2 heterocycles. The van der Waals surface area contributed by atoms with Gasteiger partial charge in [0.2, 0.25) is 0 Å². The van der Waals surface area contributed by atoms with E-state index in [4.69, 9.17) is 9.15 Å². The van der Waals surface area contributed by atoms with Gasteiger partial charge in [0.1, 0.15) is 11.2 Å². The monoisotopic (exact) mass is 580 g/mol. The van der Waals surface area contributed by atoms with Crippen LogP contribution in [0.15, 0.2) is 162 Å². The molecule has 0 amide bonds. The predicted molar refractivity (Wildman–Crippen MR) is 185 cm³/mol. The molecule has 0 spiro atoms. The van der Waals surface area contributed by atoms with Crippen LogP contribution < -0.4 is 15.0 Å². The second-order valence-corrected chi connectivity index (χ2v) is 11.4. The first kappa shape index (κ1) is 25.5. The third-order valence-electron chi connectivity index (χ3n) is 8.67. The summed E-state index contributed by atoms with van der Waals surface area (Å²) in [5.41, 5.74) is 9.34. The summed E-state index contributed by atoms with van der Waals surface area (Å²) in [6.45, 7) is 0. The van der Waals surface area contributed by atoms with Gasteiger partial charge in [-0.25, -0.2) is 0 Å². The molecule has 4 nitrogen and oxygen atoms in total. The minimum absolute atomic E-state index is 0.209. The van der Waals surface area contributed by atoms with Crippen molar-refractivity contribution in [1.29, 1.82) is 0 Å². The van der Waals surface area contributed by atoms with Crippen molar-refractivity contribution >= 4 is 55.5 Å². The second-order valence-electron chi connectivity index (χ2n) is 11.4. The molecule has 1 unspecified atom stereocenters. The zero-order valence-electron chi connectivity index (χ0n) is 24.4. The fraction of sp³-hybridized carbons (Fsp3) is 0.0244. The molecule has 9 rings (SSSR count). The summed E-state index contributed by atoms with van der Waals surface area (Å²) in [5.74, 6) is 0.884. The van der Waals surface area contributed by atoms with E-state index in [-0.39, 0.29) is 6.23 Å². The summed E-state index contributed by atoms with van der Waals surface area (Å²) in [6.07, 6.45) is -0.209. The molecule has 0 fully saturated rings. The minimum atomic E-state index is -0.209. The Labute approximate surface area is 260 Å². The Hall–Kier alpha value is -6.00. The van der Waals surface area contributed by atoms with Crippen LogP contribution in [-0.4, -0.2) is 0 Å². The molecule has 4 heteroatoms. The Morgan fingerprint density at radius 2 is 1.18 bits per heavy atom. The van der Waals surface area contributed by atoms with E-state index in [1.54, 1.807) is 0 Å². The number of nitrogens with zero attached hydrogens (tertiary/aromatic N) is 1. The highest BCUT2D eigenvalue weighted by Crippen LogP contribution is 2.46. The zero-order chi connectivity index (χ0) is 29.7. The fourth-order valence-corrected chi connectivity index (χ4v) is 6.49. The summed E-state index contributed by atoms with van der Waals surface area (Å²) in [5, 5.41) is 7.96. The van der Waals surface area contributed by atoms with Crippen molar-refractivity contribution in [3.63, 3.8) is 0 Å². The number of hydrogen-bond donors (Lipinski definition) is 1. The molecule has 1 aliphatic heterocycles. The lowest BCUT2D eigenvalue weighted by molar-refractivity contribution is 0.262. The van der Waals surface area contributed by atoms with Crippen LogP contribution >= 0.6 is 0 Å². The number of rotatable bonds is 5. The lowest BCUT2D eigenvalue weighted by Crippen LogP contribution is -2.10. The highest BCUT2D eigenvalue weighted by Gasteiger charge is 2.26. The molecule has 8 aromatic rings. The molecule has 1 N–H and O–H groups in total. The van der Waals surface area contributed by atoms with E-state index in [9.17, 15) is 0 Å². The van der Waals surface area contributed by atoms with Gasteiger partial charge in [0.15, 0.2) is 12.0 Å². The highest BCUT2D eigenvalue weighted by molar-refractivity contribution is 6.06. The lowest BCUT2D eigenvalue weighted by atomic mass is 10.0. The van der Waals surface area contributed by atoms with Crippen LogP contribution in [-0.2, 0) is 0 Å². The quantitative estimate of drug-likeness (QED) is 0.220. The second kappa shape index (κ2) is 10.3. The van der Waals surface area contributed by atoms with Crippen LogP contribution in [0, 0.1) is 0 Å². The topological polar surface area (TPSA) is 37.6 Å². The molecule has 0 saturated carbocycles. The van der Waals surface area contributed by atoms with Gasteiger partial charge in [-0.3, -0.25) is 0 Å². The van der Waals surface area contributed by atoms with Crippen molar-refractivity contribution in [3.05, 3.63) is 163 Å². The average Bonchev–Trinajstić information content (AvgIpc) is 3.71. The molecule has 214 valence electrons. The molecule has 0 radical (unpaired) electrons. The smallest absolute Gasteiger partial charge is 0.196 e. The first-order valence-electron chi connectivity index (χ1n) is 15.2. The first-order chi connectivity index (χ1) is 22.3. The first-order valence-corrected chi connectivity index (χ1v) is 15.2. The molecule has 0 aliphatic carbocycles. The summed E-state index contributed by atoms with van der Waals surface area (Å²) >= 11 is 0. The van der Waals surface area contributed by atoms with Crippen LogP contribution in [0.4, 0.5) is 22.7 Å². The summed E-state index contributed by atoms with van der Waals surface area (Å²) < 4.78 is 12.8. The van der Waals surface area contributed by atoms with Crippen LogP contribution in [0.5, 0.6) is 5.75 Å².